The van der Waals surface area contributed by atoms with Gasteiger partial charge in [0.05, 0.1) is 62.7 Å². The molecule has 0 aliphatic heterocycles. The number of hydrogen-bond acceptors (Lipinski definition) is 21. The predicted octanol–water partition coefficient (Wildman–Crippen LogP) is 10.4. The molecule has 0 aliphatic carbocycles. The molecule has 0 aliphatic rings. The van der Waals surface area contributed by atoms with Crippen molar-refractivity contribution in [2.24, 2.45) is 56.8 Å². The SMILES string of the molecule is CCC(C)=C(/N=C(\C=C(/C)n1nc(C(C)(C)C)c(N=Nc2c(C(=O)OC)cnn2C)c1N)n1nc(C(C)(C)C)c(N=Nc2c(C(=O)OC)cnn2C)c1N)n1nc(C(C)(C)C)c(N=Nc2c(C(=O)OC)cnn2C)c1C(C)C. The number of nitrogen functional groups attached to an aromatic ring is 2. The number of esters is 3. The Kier molecular flexibility index (Phi) is 16.8. The number of methoxy groups -OCH3 is 3. The number of anilines is 2. The Balaban J connectivity index is 1.70. The molecule has 0 saturated carbocycles. The van der Waals surface area contributed by atoms with Gasteiger partial charge in [-0.2, -0.15) is 35.3 Å². The van der Waals surface area contributed by atoms with Crippen molar-refractivity contribution in [2.45, 2.75) is 126 Å². The zero-order valence-corrected chi connectivity index (χ0v) is 48.2. The van der Waals surface area contributed by atoms with Gasteiger partial charge in [-0.1, -0.05) is 83.1 Å². The summed E-state index contributed by atoms with van der Waals surface area (Å²) in [4.78, 5) is 43.7. The van der Waals surface area contributed by atoms with Crippen molar-refractivity contribution in [1.29, 1.82) is 0 Å². The second kappa shape index (κ2) is 22.4. The highest BCUT2D eigenvalue weighted by Gasteiger charge is 2.33. The highest BCUT2D eigenvalue weighted by Crippen LogP contribution is 2.43. The van der Waals surface area contributed by atoms with Crippen LogP contribution in [0.4, 0.5) is 46.2 Å². The molecule has 0 bridgehead atoms. The molecule has 6 rings (SSSR count). The summed E-state index contributed by atoms with van der Waals surface area (Å²) in [6.07, 6.45) is 6.29. The first kappa shape index (κ1) is 58.5. The van der Waals surface area contributed by atoms with Gasteiger partial charge in [-0.3, -0.25) is 0 Å². The van der Waals surface area contributed by atoms with Crippen molar-refractivity contribution in [3.63, 3.8) is 0 Å². The monoisotopic (exact) mass is 1070 g/mol. The molecule has 0 fully saturated rings. The number of allylic oxidation sites excluding steroid dienone is 3. The number of nitrogens with zero attached hydrogens (tertiary/aromatic N) is 19. The molecule has 0 aromatic carbocycles. The van der Waals surface area contributed by atoms with Gasteiger partial charge in [-0.15, -0.1) is 30.7 Å². The van der Waals surface area contributed by atoms with Crippen molar-refractivity contribution in [3.05, 3.63) is 69.7 Å². The number of aryl methyl sites for hydroxylation is 3. The van der Waals surface area contributed by atoms with E-state index in [1.165, 1.54) is 63.3 Å². The fraction of sp³-hybridized carbons (Fsp3) is 0.490. The number of rotatable bonds is 15. The van der Waals surface area contributed by atoms with Gasteiger partial charge in [0.25, 0.3) is 0 Å². The second-order valence-electron chi connectivity index (χ2n) is 21.7. The largest absolute Gasteiger partial charge is 0.465 e. The predicted molar refractivity (Wildman–Crippen MR) is 294 cm³/mol. The normalized spacial score (nSPS) is 13.5. The first-order valence-corrected chi connectivity index (χ1v) is 24.9. The Hall–Kier alpha value is -8.78. The summed E-state index contributed by atoms with van der Waals surface area (Å²) in [5.74, 6) is -0.997. The lowest BCUT2D eigenvalue weighted by Crippen LogP contribution is -2.19. The molecule has 0 radical (unpaired) electrons. The summed E-state index contributed by atoms with van der Waals surface area (Å²) in [6.45, 7) is 27.5. The zero-order valence-electron chi connectivity index (χ0n) is 48.2. The Morgan fingerprint density at radius 2 is 0.923 bits per heavy atom. The third kappa shape index (κ3) is 11.6. The number of nitrogens with two attached hydrogens (primary N) is 2. The van der Waals surface area contributed by atoms with Gasteiger partial charge in [0, 0.05) is 49.2 Å². The summed E-state index contributed by atoms with van der Waals surface area (Å²) in [7, 11) is 8.71. The van der Waals surface area contributed by atoms with Gasteiger partial charge >= 0.3 is 17.9 Å². The fourth-order valence-electron chi connectivity index (χ4n) is 7.88. The highest BCUT2D eigenvalue weighted by atomic mass is 16.5. The van der Waals surface area contributed by atoms with E-state index in [4.69, 9.17) is 51.1 Å². The molecule has 27 heteroatoms. The standard InChI is InChI=1S/C51H71N21O6/c1-21-27(4)42(72-36(26(2)3)33(37(66-72)49(6,7)8)58-61-43-29(46(73)76-18)23-54-67(43)15)57-32(71-41(53)35(39(65-71)51(12,13)14)60-63-45-31(48(75)78-20)25-56-69(45)17)22-28(5)70-40(52)34(38(64-70)50(9,10)11)59-62-44-30(47(74)77-19)24-55-68(44)16/h22-26H,21,52-53H2,1-20H3/b28-22+,42-27?,57-32+,61-58?,62-59?,63-60?. The second-order valence-corrected chi connectivity index (χ2v) is 21.7. The quantitative estimate of drug-likeness (QED) is 0.0318. The van der Waals surface area contributed by atoms with E-state index < -0.39 is 34.2 Å². The van der Waals surface area contributed by atoms with E-state index >= 15 is 0 Å². The average Bonchev–Trinajstić information content (AvgIpc) is 4.30. The Morgan fingerprint density at radius 1 is 0.577 bits per heavy atom. The van der Waals surface area contributed by atoms with Crippen molar-refractivity contribution in [3.8, 4) is 0 Å². The fourth-order valence-corrected chi connectivity index (χ4v) is 7.88. The summed E-state index contributed by atoms with van der Waals surface area (Å²) in [5.41, 5.74) is 16.9. The topological polar surface area (TPSA) is 324 Å². The minimum absolute atomic E-state index is 0.0321. The third-order valence-electron chi connectivity index (χ3n) is 12.3. The van der Waals surface area contributed by atoms with E-state index in [9.17, 15) is 14.4 Å². The number of ether oxygens (including phenoxy) is 3. The van der Waals surface area contributed by atoms with E-state index in [0.717, 1.165) is 5.57 Å². The van der Waals surface area contributed by atoms with Crippen LogP contribution in [0, 0.1) is 0 Å². The van der Waals surface area contributed by atoms with Gasteiger partial charge in [-0.05, 0) is 31.8 Å². The lowest BCUT2D eigenvalue weighted by Gasteiger charge is -2.16. The van der Waals surface area contributed by atoms with Crippen LogP contribution in [0.25, 0.3) is 11.5 Å². The van der Waals surface area contributed by atoms with Crippen molar-refractivity contribution >= 4 is 81.4 Å². The molecular formula is C51H71N21O6. The van der Waals surface area contributed by atoms with E-state index in [1.54, 1.807) is 38.8 Å². The van der Waals surface area contributed by atoms with Crippen LogP contribution in [0.1, 0.15) is 163 Å². The third-order valence-corrected chi connectivity index (χ3v) is 12.3. The lowest BCUT2D eigenvalue weighted by atomic mass is 9.90. The van der Waals surface area contributed by atoms with E-state index in [2.05, 4.69) is 40.9 Å². The molecule has 0 spiro atoms. The van der Waals surface area contributed by atoms with E-state index in [-0.39, 0.29) is 68.9 Å². The smallest absolute Gasteiger partial charge is 0.343 e. The van der Waals surface area contributed by atoms with Gasteiger partial charge < -0.3 is 25.7 Å². The summed E-state index contributed by atoms with van der Waals surface area (Å²) >= 11 is 0. The minimum atomic E-state index is -0.696. The summed E-state index contributed by atoms with van der Waals surface area (Å²) in [5, 5.41) is 55.7. The molecule has 78 heavy (non-hydrogen) atoms. The van der Waals surface area contributed by atoms with Gasteiger partial charge in [0.1, 0.15) is 22.4 Å². The number of hydrogen-bond donors (Lipinski definition) is 2. The molecule has 0 saturated heterocycles. The van der Waals surface area contributed by atoms with Crippen molar-refractivity contribution in [2.75, 3.05) is 32.8 Å². The first-order valence-electron chi connectivity index (χ1n) is 24.9. The maximum absolute atomic E-state index is 12.8. The van der Waals surface area contributed by atoms with Crippen molar-refractivity contribution < 1.29 is 28.6 Å². The molecule has 416 valence electrons. The maximum atomic E-state index is 12.8. The summed E-state index contributed by atoms with van der Waals surface area (Å²) < 4.78 is 23.9. The first-order chi connectivity index (χ1) is 36.4. The molecular weight excluding hydrogens is 1000 g/mol. The van der Waals surface area contributed by atoms with E-state index in [0.29, 0.717) is 46.4 Å². The molecule has 0 atom stereocenters. The molecule has 6 aromatic rings. The Labute approximate surface area is 452 Å². The molecule has 4 N–H and O–H groups in total. The lowest BCUT2D eigenvalue weighted by molar-refractivity contribution is 0.0592. The number of aromatic nitrogens is 12. The molecule has 6 aromatic heterocycles. The molecule has 6 heterocycles. The summed E-state index contributed by atoms with van der Waals surface area (Å²) in [6, 6.07) is 0. The van der Waals surface area contributed by atoms with Crippen LogP contribution in [-0.2, 0) is 51.6 Å². The van der Waals surface area contributed by atoms with Crippen LogP contribution >= 0.6 is 0 Å². The Morgan fingerprint density at radius 3 is 1.28 bits per heavy atom. The number of aliphatic imine (C=N–C) groups is 1. The number of azo groups is 3. The number of carbonyl (C=O) groups excluding carboxylic acids is 3. The van der Waals surface area contributed by atoms with Crippen LogP contribution in [0.5, 0.6) is 0 Å². The van der Waals surface area contributed by atoms with E-state index in [1.807, 2.05) is 90.0 Å². The van der Waals surface area contributed by atoms with Crippen LogP contribution in [0.15, 0.2) is 65.9 Å². The van der Waals surface area contributed by atoms with Crippen LogP contribution in [0.2, 0.25) is 0 Å². The van der Waals surface area contributed by atoms with Gasteiger partial charge in [0.15, 0.2) is 52.1 Å². The Bertz CT molecular complexity index is 3470. The van der Waals surface area contributed by atoms with Crippen LogP contribution in [0.3, 0.4) is 0 Å². The minimum Gasteiger partial charge on any atom is -0.465 e. The molecule has 0 amide bonds. The average molecular weight is 1070 g/mol. The maximum Gasteiger partial charge on any atom is 0.343 e. The number of carbonyl (C=O) groups is 3. The van der Waals surface area contributed by atoms with Crippen molar-refractivity contribution in [1.82, 2.24) is 58.7 Å². The van der Waals surface area contributed by atoms with Gasteiger partial charge in [-0.25, -0.2) is 42.8 Å². The van der Waals surface area contributed by atoms with Crippen LogP contribution < -0.4 is 11.5 Å². The van der Waals surface area contributed by atoms with Crippen LogP contribution in [-0.4, -0.2) is 104 Å². The van der Waals surface area contributed by atoms with Gasteiger partial charge in [0.2, 0.25) is 0 Å². The highest BCUT2D eigenvalue weighted by molar-refractivity contribution is 6.03. The molecule has 0 unspecified atom stereocenters. The molecule has 27 nitrogen and oxygen atoms in total. The zero-order chi connectivity index (χ0) is 58.1.